The molecule has 0 saturated carbocycles. The molecule has 1 aliphatic rings. The van der Waals surface area contributed by atoms with Crippen LogP contribution in [0, 0.1) is 5.92 Å². The lowest BCUT2D eigenvalue weighted by Crippen LogP contribution is -2.22. The van der Waals surface area contributed by atoms with Crippen LogP contribution in [0.1, 0.15) is 6.42 Å². The molecule has 1 atom stereocenters. The molecular formula is C18H18ClN5O2. The van der Waals surface area contributed by atoms with Crippen LogP contribution >= 0.6 is 11.6 Å². The van der Waals surface area contributed by atoms with Gasteiger partial charge < -0.3 is 14.7 Å². The van der Waals surface area contributed by atoms with Crippen LogP contribution in [0.5, 0.6) is 5.75 Å². The largest absolute Gasteiger partial charge is 0.494 e. The Hall–Kier alpha value is -2.51. The monoisotopic (exact) mass is 371 g/mol. The highest BCUT2D eigenvalue weighted by Crippen LogP contribution is 2.35. The van der Waals surface area contributed by atoms with E-state index in [1.807, 2.05) is 6.07 Å². The van der Waals surface area contributed by atoms with E-state index < -0.39 is 0 Å². The zero-order chi connectivity index (χ0) is 18.1. The molecule has 4 heterocycles. The lowest BCUT2D eigenvalue weighted by Gasteiger charge is -2.21. The minimum Gasteiger partial charge on any atom is -0.494 e. The number of hydrogen-bond acceptors (Lipinski definition) is 7. The van der Waals surface area contributed by atoms with E-state index in [1.54, 1.807) is 31.8 Å². The Bertz CT molecular complexity index is 952. The van der Waals surface area contributed by atoms with Crippen molar-refractivity contribution in [2.75, 3.05) is 31.7 Å². The molecule has 0 amide bonds. The van der Waals surface area contributed by atoms with E-state index in [2.05, 4.69) is 19.9 Å². The Morgan fingerprint density at radius 2 is 2.23 bits per heavy atom. The van der Waals surface area contributed by atoms with E-state index in [0.29, 0.717) is 22.2 Å². The van der Waals surface area contributed by atoms with Gasteiger partial charge in [-0.1, -0.05) is 11.6 Å². The second-order valence-electron chi connectivity index (χ2n) is 6.26. The van der Waals surface area contributed by atoms with Gasteiger partial charge in [-0.3, -0.25) is 4.98 Å². The molecule has 1 N–H and O–H groups in total. The number of aromatic nitrogens is 4. The molecule has 134 valence electrons. The molecule has 4 rings (SSSR count). The SMILES string of the molecule is COc1cncc2nc(-c3ccnc(Cl)c3)nc(N3CC[C@@H](CO)C3)c12. The highest BCUT2D eigenvalue weighted by Gasteiger charge is 2.26. The van der Waals surface area contributed by atoms with Gasteiger partial charge in [-0.05, 0) is 18.6 Å². The van der Waals surface area contributed by atoms with E-state index in [0.717, 1.165) is 36.3 Å². The Kier molecular flexibility index (Phi) is 4.57. The van der Waals surface area contributed by atoms with E-state index >= 15 is 0 Å². The van der Waals surface area contributed by atoms with Crippen LogP contribution in [0.2, 0.25) is 5.15 Å². The van der Waals surface area contributed by atoms with Gasteiger partial charge in [0.2, 0.25) is 0 Å². The topological polar surface area (TPSA) is 84.3 Å². The van der Waals surface area contributed by atoms with Gasteiger partial charge in [0.25, 0.3) is 0 Å². The van der Waals surface area contributed by atoms with Gasteiger partial charge >= 0.3 is 0 Å². The van der Waals surface area contributed by atoms with Crippen LogP contribution in [-0.4, -0.2) is 51.8 Å². The summed E-state index contributed by atoms with van der Waals surface area (Å²) < 4.78 is 5.50. The fourth-order valence-electron chi connectivity index (χ4n) is 3.26. The smallest absolute Gasteiger partial charge is 0.162 e. The molecule has 0 spiro atoms. The number of ether oxygens (including phenoxy) is 1. The van der Waals surface area contributed by atoms with Gasteiger partial charge in [0.05, 0.1) is 30.4 Å². The van der Waals surface area contributed by atoms with Gasteiger partial charge in [0.15, 0.2) is 5.82 Å². The number of nitrogens with zero attached hydrogens (tertiary/aromatic N) is 5. The zero-order valence-corrected chi connectivity index (χ0v) is 15.0. The quantitative estimate of drug-likeness (QED) is 0.705. The summed E-state index contributed by atoms with van der Waals surface area (Å²) >= 11 is 6.03. The Labute approximate surface area is 155 Å². The highest BCUT2D eigenvalue weighted by molar-refractivity contribution is 6.29. The standard InChI is InChI=1S/C18H18ClN5O2/c1-26-14-8-20-7-13-16(14)18(24-5-3-11(9-24)10-25)23-17(22-13)12-2-4-21-15(19)6-12/h2,4,6-8,11,25H,3,5,9-10H2,1H3/t11-/m1/s1. The van der Waals surface area contributed by atoms with Gasteiger partial charge in [-0.2, -0.15) is 0 Å². The summed E-state index contributed by atoms with van der Waals surface area (Å²) in [6, 6.07) is 3.56. The molecule has 7 nitrogen and oxygen atoms in total. The average Bonchev–Trinajstić information content (AvgIpc) is 3.15. The minimum atomic E-state index is 0.172. The maximum atomic E-state index is 9.49. The zero-order valence-electron chi connectivity index (χ0n) is 14.3. The molecule has 3 aromatic heterocycles. The second-order valence-corrected chi connectivity index (χ2v) is 6.64. The summed E-state index contributed by atoms with van der Waals surface area (Å²) in [4.78, 5) is 19.9. The van der Waals surface area contributed by atoms with Crippen molar-refractivity contribution in [3.05, 3.63) is 35.9 Å². The van der Waals surface area contributed by atoms with Crippen LogP contribution < -0.4 is 9.64 Å². The summed E-state index contributed by atoms with van der Waals surface area (Å²) in [5.41, 5.74) is 1.48. The summed E-state index contributed by atoms with van der Waals surface area (Å²) in [6.45, 7) is 1.73. The average molecular weight is 372 g/mol. The molecule has 0 radical (unpaired) electrons. The van der Waals surface area contributed by atoms with Crippen molar-refractivity contribution in [1.82, 2.24) is 19.9 Å². The molecule has 0 bridgehead atoms. The lowest BCUT2D eigenvalue weighted by molar-refractivity contribution is 0.238. The van der Waals surface area contributed by atoms with Crippen molar-refractivity contribution in [3.63, 3.8) is 0 Å². The number of rotatable bonds is 4. The van der Waals surface area contributed by atoms with Crippen molar-refractivity contribution in [2.24, 2.45) is 5.92 Å². The Morgan fingerprint density at radius 3 is 2.96 bits per heavy atom. The molecular weight excluding hydrogens is 354 g/mol. The number of aliphatic hydroxyl groups excluding tert-OH is 1. The maximum Gasteiger partial charge on any atom is 0.162 e. The van der Waals surface area contributed by atoms with Crippen LogP contribution in [-0.2, 0) is 0 Å². The number of aliphatic hydroxyl groups is 1. The minimum absolute atomic E-state index is 0.172. The first-order valence-corrected chi connectivity index (χ1v) is 8.75. The normalized spacial score (nSPS) is 17.0. The Balaban J connectivity index is 1.91. The number of anilines is 1. The van der Waals surface area contributed by atoms with Crippen molar-refractivity contribution < 1.29 is 9.84 Å². The molecule has 0 unspecified atom stereocenters. The van der Waals surface area contributed by atoms with E-state index in [-0.39, 0.29) is 12.5 Å². The van der Waals surface area contributed by atoms with E-state index in [9.17, 15) is 5.11 Å². The second kappa shape index (κ2) is 7.01. The first-order chi connectivity index (χ1) is 12.7. The molecule has 1 saturated heterocycles. The summed E-state index contributed by atoms with van der Waals surface area (Å²) in [5.74, 6) is 2.21. The van der Waals surface area contributed by atoms with Crippen LogP contribution in [0.3, 0.4) is 0 Å². The van der Waals surface area contributed by atoms with E-state index in [1.165, 1.54) is 0 Å². The first-order valence-electron chi connectivity index (χ1n) is 8.37. The van der Waals surface area contributed by atoms with Crippen molar-refractivity contribution in [3.8, 4) is 17.1 Å². The molecule has 26 heavy (non-hydrogen) atoms. The fraction of sp³-hybridized carbons (Fsp3) is 0.333. The summed E-state index contributed by atoms with van der Waals surface area (Å²) in [5, 5.41) is 10.7. The summed E-state index contributed by atoms with van der Waals surface area (Å²) in [7, 11) is 1.61. The maximum absolute atomic E-state index is 9.49. The van der Waals surface area contributed by atoms with Crippen LogP contribution in [0.25, 0.3) is 22.3 Å². The van der Waals surface area contributed by atoms with Crippen LogP contribution in [0.4, 0.5) is 5.82 Å². The third-order valence-electron chi connectivity index (χ3n) is 4.60. The lowest BCUT2D eigenvalue weighted by atomic mass is 10.1. The first kappa shape index (κ1) is 16.9. The van der Waals surface area contributed by atoms with Crippen molar-refractivity contribution in [1.29, 1.82) is 0 Å². The highest BCUT2D eigenvalue weighted by atomic mass is 35.5. The molecule has 1 fully saturated rings. The van der Waals surface area contributed by atoms with Gasteiger partial charge in [0.1, 0.15) is 16.7 Å². The predicted molar refractivity (Wildman–Crippen MR) is 99.5 cm³/mol. The fourth-order valence-corrected chi connectivity index (χ4v) is 3.44. The number of halogens is 1. The molecule has 8 heteroatoms. The van der Waals surface area contributed by atoms with Gasteiger partial charge in [0, 0.05) is 37.4 Å². The molecule has 1 aliphatic heterocycles. The Morgan fingerprint density at radius 1 is 1.35 bits per heavy atom. The number of fused-ring (bicyclic) bond motifs is 1. The third kappa shape index (κ3) is 3.04. The molecule has 0 aliphatic carbocycles. The van der Waals surface area contributed by atoms with Crippen LogP contribution in [0.15, 0.2) is 30.7 Å². The van der Waals surface area contributed by atoms with Crippen molar-refractivity contribution in [2.45, 2.75) is 6.42 Å². The summed E-state index contributed by atoms with van der Waals surface area (Å²) in [6.07, 6.45) is 5.92. The third-order valence-corrected chi connectivity index (χ3v) is 4.81. The predicted octanol–water partition coefficient (Wildman–Crippen LogP) is 2.57. The molecule has 0 aromatic carbocycles. The van der Waals surface area contributed by atoms with Gasteiger partial charge in [-0.15, -0.1) is 0 Å². The van der Waals surface area contributed by atoms with Gasteiger partial charge in [-0.25, -0.2) is 15.0 Å². The number of hydrogen-bond donors (Lipinski definition) is 1. The number of methoxy groups -OCH3 is 1. The van der Waals surface area contributed by atoms with E-state index in [4.69, 9.17) is 21.3 Å². The van der Waals surface area contributed by atoms with Crippen molar-refractivity contribution >= 4 is 28.3 Å². The molecule has 3 aromatic rings. The number of pyridine rings is 2.